The minimum absolute atomic E-state index is 0.0187. The fraction of sp³-hybridized carbons (Fsp3) is 0.500. The van der Waals surface area contributed by atoms with Crippen LogP contribution in [0.15, 0.2) is 28.2 Å². The lowest BCUT2D eigenvalue weighted by molar-refractivity contribution is 0.181. The summed E-state index contributed by atoms with van der Waals surface area (Å²) < 4.78 is 0. The molecule has 1 heterocycles. The van der Waals surface area contributed by atoms with Crippen LogP contribution in [0.1, 0.15) is 30.9 Å². The maximum atomic E-state index is 12.6. The highest BCUT2D eigenvalue weighted by atomic mass is 16.2. The third-order valence-corrected chi connectivity index (χ3v) is 5.23. The lowest BCUT2D eigenvalue weighted by Crippen LogP contribution is -2.42. The number of benzene rings is 1. The number of anilines is 1. The largest absolute Gasteiger partial charge is 0.383 e. The zero-order valence-electron chi connectivity index (χ0n) is 14.5. The van der Waals surface area contributed by atoms with Crippen LogP contribution in [-0.2, 0) is 0 Å². The van der Waals surface area contributed by atoms with Crippen molar-refractivity contribution in [2.45, 2.75) is 32.7 Å². The van der Waals surface area contributed by atoms with E-state index in [1.807, 2.05) is 30.0 Å². The highest BCUT2D eigenvalue weighted by molar-refractivity contribution is 6.03. The Morgan fingerprint density at radius 3 is 2.83 bits per heavy atom. The summed E-state index contributed by atoms with van der Waals surface area (Å²) in [6.07, 6.45) is 3.68. The molecule has 128 valence electrons. The molecule has 3 atom stereocenters. The number of aliphatic imine (C=N–C) groups is 2. The van der Waals surface area contributed by atoms with Crippen LogP contribution in [0.2, 0.25) is 0 Å². The van der Waals surface area contributed by atoms with Gasteiger partial charge in [-0.3, -0.25) is 4.99 Å². The number of nitrogens with two attached hydrogens (primary N) is 1. The second-order valence-corrected chi connectivity index (χ2v) is 6.86. The lowest BCUT2D eigenvalue weighted by Gasteiger charge is -2.30. The summed E-state index contributed by atoms with van der Waals surface area (Å²) >= 11 is 0. The average Bonchev–Trinajstić information content (AvgIpc) is 3.13. The van der Waals surface area contributed by atoms with Crippen LogP contribution in [0.3, 0.4) is 0 Å². The summed E-state index contributed by atoms with van der Waals surface area (Å²) in [6.45, 7) is 5.12. The van der Waals surface area contributed by atoms with Gasteiger partial charge < -0.3 is 16.0 Å². The molecule has 1 aliphatic heterocycles. The number of hydrogen-bond donors (Lipinski definition) is 2. The second-order valence-electron chi connectivity index (χ2n) is 6.86. The molecule has 24 heavy (non-hydrogen) atoms. The maximum Gasteiger partial charge on any atom is 0.322 e. The summed E-state index contributed by atoms with van der Waals surface area (Å²) in [6, 6.07) is 6.08. The number of amides is 2. The van der Waals surface area contributed by atoms with Crippen LogP contribution < -0.4 is 11.1 Å². The summed E-state index contributed by atoms with van der Waals surface area (Å²) in [7, 11) is 1.64. The molecule has 2 amide bonds. The first-order valence-electron chi connectivity index (χ1n) is 8.42. The molecule has 6 heteroatoms. The van der Waals surface area contributed by atoms with E-state index in [0.717, 1.165) is 42.1 Å². The van der Waals surface area contributed by atoms with Gasteiger partial charge in [0.15, 0.2) is 0 Å². The van der Waals surface area contributed by atoms with E-state index < -0.39 is 0 Å². The number of carbonyl (C=O) groups is 1. The van der Waals surface area contributed by atoms with Gasteiger partial charge in [-0.1, -0.05) is 13.0 Å². The molecule has 1 saturated carbocycles. The molecule has 3 N–H and O–H groups in total. The topological polar surface area (TPSA) is 83.1 Å². The Morgan fingerprint density at radius 2 is 2.21 bits per heavy atom. The third-order valence-electron chi connectivity index (χ3n) is 5.23. The van der Waals surface area contributed by atoms with Crippen molar-refractivity contribution in [1.82, 2.24) is 4.90 Å². The second kappa shape index (κ2) is 6.63. The van der Waals surface area contributed by atoms with Gasteiger partial charge >= 0.3 is 6.03 Å². The fourth-order valence-electron chi connectivity index (χ4n) is 3.82. The predicted molar refractivity (Wildman–Crippen MR) is 97.7 cm³/mol. The number of hydrogen-bond acceptors (Lipinski definition) is 2. The van der Waals surface area contributed by atoms with E-state index in [4.69, 9.17) is 5.73 Å². The first-order valence-corrected chi connectivity index (χ1v) is 8.42. The molecule has 1 aromatic carbocycles. The van der Waals surface area contributed by atoms with Crippen molar-refractivity contribution in [3.8, 4) is 0 Å². The predicted octanol–water partition coefficient (Wildman–Crippen LogP) is 2.62. The zero-order valence-corrected chi connectivity index (χ0v) is 14.5. The number of carbonyl (C=O) groups excluding carboxylic acids is 1. The number of nitrogens with one attached hydrogen (secondary N) is 1. The van der Waals surface area contributed by atoms with E-state index in [9.17, 15) is 4.79 Å². The Morgan fingerprint density at radius 1 is 1.42 bits per heavy atom. The summed E-state index contributed by atoms with van der Waals surface area (Å²) in [5, 5.41) is 3.00. The zero-order chi connectivity index (χ0) is 17.3. The molecule has 1 aliphatic carbocycles. The SMILES string of the molecule is CN=CN=C(N)c1cc(NC(=O)N2CC3CC2C[C@@H]3C)ccc1C. The Labute approximate surface area is 142 Å². The monoisotopic (exact) mass is 327 g/mol. The van der Waals surface area contributed by atoms with E-state index in [0.29, 0.717) is 17.8 Å². The highest BCUT2D eigenvalue weighted by Crippen LogP contribution is 2.41. The summed E-state index contributed by atoms with van der Waals surface area (Å²) in [5.74, 6) is 1.79. The van der Waals surface area contributed by atoms with E-state index in [-0.39, 0.29) is 6.03 Å². The van der Waals surface area contributed by atoms with Gasteiger partial charge in [0.25, 0.3) is 0 Å². The van der Waals surface area contributed by atoms with Gasteiger partial charge in [-0.2, -0.15) is 0 Å². The van der Waals surface area contributed by atoms with Gasteiger partial charge in [-0.25, -0.2) is 9.79 Å². The Hall–Kier alpha value is -2.37. The number of aryl methyl sites for hydroxylation is 1. The minimum Gasteiger partial charge on any atom is -0.383 e. The average molecular weight is 327 g/mol. The molecule has 2 bridgehead atoms. The lowest BCUT2D eigenvalue weighted by atomic mass is 9.97. The number of rotatable bonds is 3. The van der Waals surface area contributed by atoms with Crippen molar-refractivity contribution in [1.29, 1.82) is 0 Å². The van der Waals surface area contributed by atoms with Crippen LogP contribution in [0.5, 0.6) is 0 Å². The number of piperidine rings is 1. The number of fused-ring (bicyclic) bond motifs is 2. The molecule has 1 saturated heterocycles. The van der Waals surface area contributed by atoms with Gasteiger partial charge in [0.1, 0.15) is 12.2 Å². The van der Waals surface area contributed by atoms with Crippen molar-refractivity contribution in [3.63, 3.8) is 0 Å². The molecular formula is C18H25N5O. The number of urea groups is 1. The minimum atomic E-state index is -0.0187. The van der Waals surface area contributed by atoms with Crippen LogP contribution in [0.4, 0.5) is 10.5 Å². The highest BCUT2D eigenvalue weighted by Gasteiger charge is 2.44. The van der Waals surface area contributed by atoms with Gasteiger partial charge in [0, 0.05) is 30.9 Å². The third kappa shape index (κ3) is 3.13. The number of likely N-dealkylation sites (tertiary alicyclic amines) is 1. The number of nitrogens with zero attached hydrogens (tertiary/aromatic N) is 3. The normalized spacial score (nSPS) is 26.4. The van der Waals surface area contributed by atoms with E-state index in [1.165, 1.54) is 6.34 Å². The van der Waals surface area contributed by atoms with Crippen molar-refractivity contribution >= 4 is 23.9 Å². The van der Waals surface area contributed by atoms with Gasteiger partial charge in [-0.15, -0.1) is 0 Å². The van der Waals surface area contributed by atoms with Crippen LogP contribution in [0.25, 0.3) is 0 Å². The van der Waals surface area contributed by atoms with Gasteiger partial charge in [0.05, 0.1) is 0 Å². The molecule has 2 fully saturated rings. The first kappa shape index (κ1) is 16.5. The Balaban J connectivity index is 1.73. The molecule has 2 unspecified atom stereocenters. The Bertz CT molecular complexity index is 695. The quantitative estimate of drug-likeness (QED) is 0.661. The molecule has 6 nitrogen and oxygen atoms in total. The number of amidine groups is 1. The van der Waals surface area contributed by atoms with Crippen LogP contribution in [-0.4, -0.2) is 42.7 Å². The van der Waals surface area contributed by atoms with Crippen molar-refractivity contribution < 1.29 is 4.79 Å². The van der Waals surface area contributed by atoms with Crippen molar-refractivity contribution in [3.05, 3.63) is 29.3 Å². The maximum absolute atomic E-state index is 12.6. The van der Waals surface area contributed by atoms with Crippen molar-refractivity contribution in [2.24, 2.45) is 27.6 Å². The van der Waals surface area contributed by atoms with Crippen LogP contribution >= 0.6 is 0 Å². The smallest absolute Gasteiger partial charge is 0.322 e. The first-order chi connectivity index (χ1) is 11.5. The van der Waals surface area contributed by atoms with E-state index in [2.05, 4.69) is 22.2 Å². The fourth-order valence-corrected chi connectivity index (χ4v) is 3.82. The molecule has 0 aromatic heterocycles. The van der Waals surface area contributed by atoms with Gasteiger partial charge in [0.2, 0.25) is 0 Å². The molecule has 1 aromatic rings. The summed E-state index contributed by atoms with van der Waals surface area (Å²) in [5.41, 5.74) is 8.56. The molecule has 0 spiro atoms. The van der Waals surface area contributed by atoms with E-state index in [1.54, 1.807) is 7.05 Å². The standard InChI is InChI=1S/C18H25N5O/c1-11-4-5-14(8-16(11)17(19)21-10-20-3)22-18(24)23-9-13-7-15(23)6-12(13)2/h4-5,8,10,12-13,15H,6-7,9H2,1-3H3,(H,22,24)(H2,19,20,21)/t12-,13?,15?/m0/s1. The molecule has 2 aliphatic rings. The summed E-state index contributed by atoms with van der Waals surface area (Å²) in [4.78, 5) is 22.5. The molecule has 3 rings (SSSR count). The molecule has 0 radical (unpaired) electrons. The molecular weight excluding hydrogens is 302 g/mol. The van der Waals surface area contributed by atoms with Gasteiger partial charge in [-0.05, 0) is 49.3 Å². The van der Waals surface area contributed by atoms with Crippen molar-refractivity contribution in [2.75, 3.05) is 18.9 Å². The van der Waals surface area contributed by atoms with E-state index >= 15 is 0 Å². The Kier molecular flexibility index (Phi) is 4.55. The van der Waals surface area contributed by atoms with Crippen LogP contribution in [0, 0.1) is 18.8 Å².